The van der Waals surface area contributed by atoms with Crippen LogP contribution in [0.4, 0.5) is 5.00 Å². The number of halogens is 1. The monoisotopic (exact) mass is 391 g/mol. The maximum atomic E-state index is 12.2. The molecular weight excluding hydrogens is 370 g/mol. The van der Waals surface area contributed by atoms with E-state index in [-0.39, 0.29) is 47.6 Å². The van der Waals surface area contributed by atoms with Crippen LogP contribution in [0.1, 0.15) is 45.4 Å². The van der Waals surface area contributed by atoms with Crippen molar-refractivity contribution in [2.24, 2.45) is 0 Å². The number of nitrogens with one attached hydrogen (secondary N) is 1. The SMILES string of the molecule is CCOC(=O)c1c(NC(=O)CCCCl)sc(C(=O)OCCOC)c1C. The van der Waals surface area contributed by atoms with Gasteiger partial charge >= 0.3 is 11.9 Å². The van der Waals surface area contributed by atoms with Gasteiger partial charge < -0.3 is 19.5 Å². The lowest BCUT2D eigenvalue weighted by molar-refractivity contribution is -0.116. The van der Waals surface area contributed by atoms with Crippen LogP contribution >= 0.6 is 22.9 Å². The molecule has 1 rings (SSSR count). The molecule has 0 aliphatic carbocycles. The Hall–Kier alpha value is -1.64. The average molecular weight is 392 g/mol. The van der Waals surface area contributed by atoms with Crippen molar-refractivity contribution in [1.29, 1.82) is 0 Å². The highest BCUT2D eigenvalue weighted by Gasteiger charge is 2.27. The number of hydrogen-bond acceptors (Lipinski definition) is 7. The zero-order valence-corrected chi connectivity index (χ0v) is 16.1. The van der Waals surface area contributed by atoms with Crippen molar-refractivity contribution >= 4 is 45.8 Å². The van der Waals surface area contributed by atoms with Gasteiger partial charge in [-0.1, -0.05) is 0 Å². The minimum absolute atomic E-state index is 0.0961. The third-order valence-corrected chi connectivity index (χ3v) is 4.58. The molecule has 1 aromatic rings. The largest absolute Gasteiger partial charge is 0.462 e. The Morgan fingerprint density at radius 3 is 2.48 bits per heavy atom. The van der Waals surface area contributed by atoms with Crippen LogP contribution in [0.15, 0.2) is 0 Å². The van der Waals surface area contributed by atoms with Gasteiger partial charge in [-0.05, 0) is 25.8 Å². The fourth-order valence-electron chi connectivity index (χ4n) is 1.95. The number of carbonyl (C=O) groups excluding carboxylic acids is 3. The van der Waals surface area contributed by atoms with E-state index in [1.807, 2.05) is 0 Å². The molecule has 1 amide bonds. The Labute approximate surface area is 155 Å². The minimum atomic E-state index is -0.597. The van der Waals surface area contributed by atoms with E-state index >= 15 is 0 Å². The van der Waals surface area contributed by atoms with Crippen LogP contribution < -0.4 is 5.32 Å². The molecule has 0 unspecified atom stereocenters. The molecule has 0 atom stereocenters. The Balaban J connectivity index is 3.07. The van der Waals surface area contributed by atoms with E-state index in [2.05, 4.69) is 5.32 Å². The molecule has 0 spiro atoms. The van der Waals surface area contributed by atoms with Gasteiger partial charge in [0.05, 0.1) is 18.8 Å². The van der Waals surface area contributed by atoms with Crippen LogP contribution in [0, 0.1) is 6.92 Å². The molecule has 7 nitrogen and oxygen atoms in total. The summed E-state index contributed by atoms with van der Waals surface area (Å²) >= 11 is 6.57. The van der Waals surface area contributed by atoms with Crippen molar-refractivity contribution in [2.45, 2.75) is 26.7 Å². The number of thiophene rings is 1. The topological polar surface area (TPSA) is 90.9 Å². The van der Waals surface area contributed by atoms with Crippen molar-refractivity contribution in [3.63, 3.8) is 0 Å². The van der Waals surface area contributed by atoms with Gasteiger partial charge in [0.2, 0.25) is 5.91 Å². The van der Waals surface area contributed by atoms with Gasteiger partial charge in [-0.15, -0.1) is 22.9 Å². The van der Waals surface area contributed by atoms with Crippen molar-refractivity contribution in [2.75, 3.05) is 38.1 Å². The van der Waals surface area contributed by atoms with Gasteiger partial charge in [0.15, 0.2) is 0 Å². The number of methoxy groups -OCH3 is 1. The van der Waals surface area contributed by atoms with Crippen LogP contribution in [0.3, 0.4) is 0 Å². The van der Waals surface area contributed by atoms with Gasteiger partial charge in [0.25, 0.3) is 0 Å². The molecule has 0 aliphatic heterocycles. The molecular formula is C16H22ClNO6S. The Bertz CT molecular complexity index is 616. The van der Waals surface area contributed by atoms with Crippen LogP contribution in [0.2, 0.25) is 0 Å². The second-order valence-electron chi connectivity index (χ2n) is 4.95. The van der Waals surface area contributed by atoms with Gasteiger partial charge in [0.1, 0.15) is 16.5 Å². The first kappa shape index (κ1) is 21.4. The third-order valence-electron chi connectivity index (χ3n) is 3.12. The highest BCUT2D eigenvalue weighted by Crippen LogP contribution is 2.34. The first-order chi connectivity index (χ1) is 12.0. The summed E-state index contributed by atoms with van der Waals surface area (Å²) in [4.78, 5) is 36.6. The predicted octanol–water partition coefficient (Wildman–Crippen LogP) is 2.99. The number of hydrogen-bond donors (Lipinski definition) is 1. The number of esters is 2. The maximum Gasteiger partial charge on any atom is 0.348 e. The summed E-state index contributed by atoms with van der Waals surface area (Å²) in [6.07, 6.45) is 0.731. The van der Waals surface area contributed by atoms with Gasteiger partial charge in [-0.3, -0.25) is 4.79 Å². The van der Waals surface area contributed by atoms with E-state index < -0.39 is 11.9 Å². The summed E-state index contributed by atoms with van der Waals surface area (Å²) in [5, 5.41) is 2.93. The number of anilines is 1. The van der Waals surface area contributed by atoms with Crippen LogP contribution in [-0.4, -0.2) is 50.7 Å². The van der Waals surface area contributed by atoms with E-state index in [0.29, 0.717) is 17.9 Å². The van der Waals surface area contributed by atoms with Gasteiger partial charge in [0, 0.05) is 19.4 Å². The highest BCUT2D eigenvalue weighted by molar-refractivity contribution is 7.18. The lowest BCUT2D eigenvalue weighted by Crippen LogP contribution is -2.14. The lowest BCUT2D eigenvalue weighted by atomic mass is 10.1. The molecule has 1 N–H and O–H groups in total. The molecule has 9 heteroatoms. The molecule has 1 heterocycles. The molecule has 0 bridgehead atoms. The summed E-state index contributed by atoms with van der Waals surface area (Å²) in [5.74, 6) is -1.10. The molecule has 0 saturated heterocycles. The molecule has 0 aliphatic rings. The summed E-state index contributed by atoms with van der Waals surface area (Å²) in [5.41, 5.74) is 0.586. The average Bonchev–Trinajstić information content (AvgIpc) is 2.89. The standard InChI is InChI=1S/C16H22ClNO6S/c1-4-23-15(20)12-10(2)13(16(21)24-9-8-22-3)25-14(12)18-11(19)6-5-7-17/h4-9H2,1-3H3,(H,18,19). The Morgan fingerprint density at radius 2 is 1.88 bits per heavy atom. The molecule has 140 valence electrons. The minimum Gasteiger partial charge on any atom is -0.462 e. The Morgan fingerprint density at radius 1 is 1.16 bits per heavy atom. The molecule has 1 aromatic heterocycles. The van der Waals surface area contributed by atoms with Crippen molar-refractivity contribution in [3.8, 4) is 0 Å². The predicted molar refractivity (Wildman–Crippen MR) is 95.8 cm³/mol. The first-order valence-corrected chi connectivity index (χ1v) is 9.13. The number of carbonyl (C=O) groups is 3. The first-order valence-electron chi connectivity index (χ1n) is 7.78. The molecule has 0 aromatic carbocycles. The van der Waals surface area contributed by atoms with Crippen LogP contribution in [0.5, 0.6) is 0 Å². The van der Waals surface area contributed by atoms with E-state index in [9.17, 15) is 14.4 Å². The maximum absolute atomic E-state index is 12.2. The quantitative estimate of drug-likeness (QED) is 0.374. The van der Waals surface area contributed by atoms with E-state index in [0.717, 1.165) is 11.3 Å². The molecule has 0 radical (unpaired) electrons. The number of rotatable bonds is 10. The van der Waals surface area contributed by atoms with Crippen LogP contribution in [-0.2, 0) is 19.0 Å². The Kier molecular flexibility index (Phi) is 9.48. The second kappa shape index (κ2) is 11.1. The molecule has 0 fully saturated rings. The number of amides is 1. The fourth-order valence-corrected chi connectivity index (χ4v) is 3.18. The normalized spacial score (nSPS) is 10.4. The summed E-state index contributed by atoms with van der Waals surface area (Å²) in [6.45, 7) is 3.84. The fraction of sp³-hybridized carbons (Fsp3) is 0.562. The summed E-state index contributed by atoms with van der Waals surface area (Å²) in [6, 6.07) is 0. The van der Waals surface area contributed by atoms with Crippen molar-refractivity contribution in [1.82, 2.24) is 0 Å². The van der Waals surface area contributed by atoms with E-state index in [1.54, 1.807) is 13.8 Å². The second-order valence-corrected chi connectivity index (χ2v) is 6.35. The van der Waals surface area contributed by atoms with Crippen molar-refractivity contribution in [3.05, 3.63) is 16.0 Å². The zero-order valence-electron chi connectivity index (χ0n) is 14.5. The van der Waals surface area contributed by atoms with E-state index in [4.69, 9.17) is 25.8 Å². The third kappa shape index (κ3) is 6.30. The van der Waals surface area contributed by atoms with Gasteiger partial charge in [-0.25, -0.2) is 9.59 Å². The van der Waals surface area contributed by atoms with Crippen LogP contribution in [0.25, 0.3) is 0 Å². The lowest BCUT2D eigenvalue weighted by Gasteiger charge is -2.06. The number of alkyl halides is 1. The zero-order chi connectivity index (χ0) is 18.8. The number of ether oxygens (including phenoxy) is 3. The summed E-state index contributed by atoms with van der Waals surface area (Å²) in [7, 11) is 1.50. The highest BCUT2D eigenvalue weighted by atomic mass is 35.5. The smallest absolute Gasteiger partial charge is 0.348 e. The van der Waals surface area contributed by atoms with Gasteiger partial charge in [-0.2, -0.15) is 0 Å². The van der Waals surface area contributed by atoms with E-state index in [1.165, 1.54) is 7.11 Å². The molecule has 0 saturated carbocycles. The molecule has 25 heavy (non-hydrogen) atoms. The summed E-state index contributed by atoms with van der Waals surface area (Å²) < 4.78 is 15.0. The van der Waals surface area contributed by atoms with Crippen molar-refractivity contribution < 1.29 is 28.6 Å².